The van der Waals surface area contributed by atoms with Crippen molar-refractivity contribution in [3.63, 3.8) is 0 Å². The minimum atomic E-state index is -0.230. The number of hydrogen-bond acceptors (Lipinski definition) is 3. The number of thiazole rings is 1. The molecule has 1 aromatic carbocycles. The predicted octanol–water partition coefficient (Wildman–Crippen LogP) is 3.89. The lowest BCUT2D eigenvalue weighted by atomic mass is 10.1. The van der Waals surface area contributed by atoms with Crippen LogP contribution in [0.3, 0.4) is 0 Å². The van der Waals surface area contributed by atoms with Gasteiger partial charge in [0.1, 0.15) is 10.8 Å². The third-order valence-corrected chi connectivity index (χ3v) is 4.44. The molecule has 5 heteroatoms. The van der Waals surface area contributed by atoms with Gasteiger partial charge in [-0.15, -0.1) is 11.3 Å². The van der Waals surface area contributed by atoms with Crippen LogP contribution in [0.5, 0.6) is 0 Å². The Labute approximate surface area is 117 Å². The summed E-state index contributed by atoms with van der Waals surface area (Å²) in [6, 6.07) is 5.81. The van der Waals surface area contributed by atoms with Gasteiger partial charge >= 0.3 is 0 Å². The van der Waals surface area contributed by atoms with Crippen LogP contribution in [0, 0.1) is 5.82 Å². The molecule has 0 radical (unpaired) electrons. The highest BCUT2D eigenvalue weighted by molar-refractivity contribution is 9.10. The van der Waals surface area contributed by atoms with Crippen LogP contribution in [0.1, 0.15) is 29.5 Å². The molecule has 1 aliphatic rings. The summed E-state index contributed by atoms with van der Waals surface area (Å²) in [5, 5.41) is 6.46. The first-order valence-corrected chi connectivity index (χ1v) is 7.51. The maximum Gasteiger partial charge on any atom is 0.137 e. The lowest BCUT2D eigenvalue weighted by molar-refractivity contribution is 0.582. The lowest BCUT2D eigenvalue weighted by Crippen LogP contribution is -2.24. The maximum absolute atomic E-state index is 13.6. The molecule has 1 heterocycles. The predicted molar refractivity (Wildman–Crippen MR) is 74.2 cm³/mol. The number of halogens is 2. The van der Waals surface area contributed by atoms with Crippen molar-refractivity contribution in [2.24, 2.45) is 0 Å². The second-order valence-electron chi connectivity index (χ2n) is 4.42. The zero-order valence-corrected chi connectivity index (χ0v) is 12.0. The minimum absolute atomic E-state index is 0.0000926. The van der Waals surface area contributed by atoms with Crippen molar-refractivity contribution in [3.8, 4) is 0 Å². The van der Waals surface area contributed by atoms with Gasteiger partial charge in [-0.25, -0.2) is 9.37 Å². The Balaban J connectivity index is 1.93. The van der Waals surface area contributed by atoms with E-state index in [4.69, 9.17) is 0 Å². The van der Waals surface area contributed by atoms with Gasteiger partial charge in [-0.05, 0) is 46.5 Å². The molecule has 1 unspecified atom stereocenters. The standard InChI is InChI=1S/C13H12BrFN2S/c14-10-4-1-8(7-11(10)15)12(17-9-2-3-9)13-16-5-6-18-13/h1,4-7,9,12,17H,2-3H2. The van der Waals surface area contributed by atoms with Crippen LogP contribution in [0.2, 0.25) is 0 Å². The smallest absolute Gasteiger partial charge is 0.137 e. The fourth-order valence-corrected chi connectivity index (χ4v) is 2.83. The van der Waals surface area contributed by atoms with E-state index in [-0.39, 0.29) is 11.9 Å². The number of hydrogen-bond donors (Lipinski definition) is 1. The van der Waals surface area contributed by atoms with Gasteiger partial charge in [0, 0.05) is 17.6 Å². The molecule has 1 fully saturated rings. The zero-order chi connectivity index (χ0) is 12.5. The molecule has 2 nitrogen and oxygen atoms in total. The number of nitrogens with zero attached hydrogens (tertiary/aromatic N) is 1. The summed E-state index contributed by atoms with van der Waals surface area (Å²) in [4.78, 5) is 4.35. The van der Waals surface area contributed by atoms with Crippen molar-refractivity contribution in [1.82, 2.24) is 10.3 Å². The highest BCUT2D eigenvalue weighted by atomic mass is 79.9. The van der Waals surface area contributed by atoms with E-state index < -0.39 is 0 Å². The lowest BCUT2D eigenvalue weighted by Gasteiger charge is -2.17. The minimum Gasteiger partial charge on any atom is -0.301 e. The summed E-state index contributed by atoms with van der Waals surface area (Å²) >= 11 is 4.78. The van der Waals surface area contributed by atoms with Crippen LogP contribution in [-0.4, -0.2) is 11.0 Å². The van der Waals surface area contributed by atoms with Crippen LogP contribution in [0.4, 0.5) is 4.39 Å². The molecule has 1 atom stereocenters. The van der Waals surface area contributed by atoms with E-state index >= 15 is 0 Å². The topological polar surface area (TPSA) is 24.9 Å². The van der Waals surface area contributed by atoms with Crippen molar-refractivity contribution in [2.45, 2.75) is 24.9 Å². The van der Waals surface area contributed by atoms with Gasteiger partial charge in [0.2, 0.25) is 0 Å². The van der Waals surface area contributed by atoms with Crippen LogP contribution in [-0.2, 0) is 0 Å². The van der Waals surface area contributed by atoms with E-state index in [0.717, 1.165) is 10.6 Å². The third-order valence-electron chi connectivity index (χ3n) is 2.96. The first-order valence-electron chi connectivity index (χ1n) is 5.84. The second-order valence-corrected chi connectivity index (χ2v) is 6.20. The van der Waals surface area contributed by atoms with E-state index in [9.17, 15) is 4.39 Å². The van der Waals surface area contributed by atoms with Gasteiger partial charge in [0.05, 0.1) is 10.5 Å². The molecule has 2 aromatic rings. The highest BCUT2D eigenvalue weighted by Gasteiger charge is 2.27. The van der Waals surface area contributed by atoms with Crippen molar-refractivity contribution >= 4 is 27.3 Å². The molecule has 0 amide bonds. The SMILES string of the molecule is Fc1cc(C(NC2CC2)c2nccs2)ccc1Br. The van der Waals surface area contributed by atoms with Gasteiger partial charge in [-0.1, -0.05) is 6.07 Å². The summed E-state index contributed by atoms with van der Waals surface area (Å²) in [6.07, 6.45) is 4.18. The van der Waals surface area contributed by atoms with Gasteiger partial charge in [0.15, 0.2) is 0 Å². The summed E-state index contributed by atoms with van der Waals surface area (Å²) in [6.45, 7) is 0. The monoisotopic (exact) mass is 326 g/mol. The van der Waals surface area contributed by atoms with Crippen LogP contribution < -0.4 is 5.32 Å². The zero-order valence-electron chi connectivity index (χ0n) is 9.57. The van der Waals surface area contributed by atoms with Crippen molar-refractivity contribution in [3.05, 3.63) is 50.6 Å². The number of nitrogens with one attached hydrogen (secondary N) is 1. The second kappa shape index (κ2) is 5.07. The van der Waals surface area contributed by atoms with E-state index in [1.54, 1.807) is 29.7 Å². The van der Waals surface area contributed by atoms with Gasteiger partial charge in [-0.2, -0.15) is 0 Å². The van der Waals surface area contributed by atoms with E-state index in [1.807, 2.05) is 11.4 Å². The fourth-order valence-electron chi connectivity index (χ4n) is 1.86. The van der Waals surface area contributed by atoms with Gasteiger partial charge < -0.3 is 5.32 Å². The maximum atomic E-state index is 13.6. The normalized spacial score (nSPS) is 16.8. The largest absolute Gasteiger partial charge is 0.301 e. The third kappa shape index (κ3) is 2.63. The van der Waals surface area contributed by atoms with Crippen LogP contribution in [0.25, 0.3) is 0 Å². The molecule has 1 saturated carbocycles. The molecule has 94 valence electrons. The number of benzene rings is 1. The highest BCUT2D eigenvalue weighted by Crippen LogP contribution is 2.31. The van der Waals surface area contributed by atoms with Gasteiger partial charge in [-0.3, -0.25) is 0 Å². The van der Waals surface area contributed by atoms with Crippen molar-refractivity contribution in [2.75, 3.05) is 0 Å². The molecular formula is C13H12BrFN2S. The van der Waals surface area contributed by atoms with Crippen molar-refractivity contribution < 1.29 is 4.39 Å². The Morgan fingerprint density at radius 1 is 1.44 bits per heavy atom. The Morgan fingerprint density at radius 3 is 2.89 bits per heavy atom. The van der Waals surface area contributed by atoms with E-state index in [0.29, 0.717) is 10.5 Å². The summed E-state index contributed by atoms with van der Waals surface area (Å²) in [7, 11) is 0. The molecule has 1 aliphatic carbocycles. The Bertz CT molecular complexity index is 540. The number of rotatable bonds is 4. The Kier molecular flexibility index (Phi) is 3.46. The van der Waals surface area contributed by atoms with Crippen LogP contribution in [0.15, 0.2) is 34.2 Å². The fraction of sp³-hybridized carbons (Fsp3) is 0.308. The Morgan fingerprint density at radius 2 is 2.28 bits per heavy atom. The first-order chi connectivity index (χ1) is 8.74. The molecule has 1 aromatic heterocycles. The summed E-state index contributed by atoms with van der Waals surface area (Å²) in [5.74, 6) is -0.230. The molecule has 0 spiro atoms. The molecule has 1 N–H and O–H groups in total. The first kappa shape index (κ1) is 12.3. The molecule has 18 heavy (non-hydrogen) atoms. The quantitative estimate of drug-likeness (QED) is 0.922. The molecule has 0 aliphatic heterocycles. The average molecular weight is 327 g/mol. The summed E-state index contributed by atoms with van der Waals surface area (Å²) in [5.41, 5.74) is 0.928. The molecule has 0 saturated heterocycles. The van der Waals surface area contributed by atoms with E-state index in [2.05, 4.69) is 26.2 Å². The molecular weight excluding hydrogens is 315 g/mol. The van der Waals surface area contributed by atoms with Crippen LogP contribution >= 0.6 is 27.3 Å². The average Bonchev–Trinajstić information content (AvgIpc) is 3.02. The molecule has 0 bridgehead atoms. The molecule has 3 rings (SSSR count). The van der Waals surface area contributed by atoms with Gasteiger partial charge in [0.25, 0.3) is 0 Å². The summed E-state index contributed by atoms with van der Waals surface area (Å²) < 4.78 is 14.1. The number of aromatic nitrogens is 1. The van der Waals surface area contributed by atoms with E-state index in [1.165, 1.54) is 12.8 Å². The van der Waals surface area contributed by atoms with Crippen molar-refractivity contribution in [1.29, 1.82) is 0 Å². The Hall–Kier alpha value is -0.780.